The molecule has 31 heavy (non-hydrogen) atoms. The Hall–Kier alpha value is -3.68. The Morgan fingerprint density at radius 1 is 0.871 bits per heavy atom. The first kappa shape index (κ1) is 20.6. The molecule has 8 nitrogen and oxygen atoms in total. The van der Waals surface area contributed by atoms with Crippen LogP contribution in [-0.2, 0) is 7.05 Å². The maximum atomic E-state index is 13.3. The Balaban J connectivity index is 1.56. The molecule has 1 aliphatic rings. The number of hydrogen-bond donors (Lipinski definition) is 0. The van der Waals surface area contributed by atoms with E-state index in [1.165, 1.54) is 4.68 Å². The fraction of sp³-hybridized carbons (Fsp3) is 0.304. The van der Waals surface area contributed by atoms with Crippen LogP contribution >= 0.6 is 0 Å². The van der Waals surface area contributed by atoms with Gasteiger partial charge in [0.15, 0.2) is 5.69 Å². The number of rotatable bonds is 3. The van der Waals surface area contributed by atoms with Crippen molar-refractivity contribution < 1.29 is 14.3 Å². The van der Waals surface area contributed by atoms with Gasteiger partial charge in [-0.3, -0.25) is 14.4 Å². The molecule has 0 N–H and O–H groups in total. The summed E-state index contributed by atoms with van der Waals surface area (Å²) in [5.41, 5.74) is 0.522. The van der Waals surface area contributed by atoms with E-state index < -0.39 is 0 Å². The van der Waals surface area contributed by atoms with Gasteiger partial charge in [0.2, 0.25) is 0 Å². The molecule has 1 aromatic heterocycles. The van der Waals surface area contributed by atoms with Crippen molar-refractivity contribution in [3.8, 4) is 5.75 Å². The number of nitrogens with zero attached hydrogens (tertiary/aromatic N) is 4. The molecular formula is C23H24N4O4. The van der Waals surface area contributed by atoms with E-state index in [-0.39, 0.29) is 23.1 Å². The highest BCUT2D eigenvalue weighted by Crippen LogP contribution is 2.21. The first-order chi connectivity index (χ1) is 15.0. The lowest BCUT2D eigenvalue weighted by atomic mass is 10.1. The molecule has 0 saturated carbocycles. The van der Waals surface area contributed by atoms with Gasteiger partial charge in [-0.05, 0) is 24.6 Å². The lowest BCUT2D eigenvalue weighted by Crippen LogP contribution is -2.38. The zero-order valence-electron chi connectivity index (χ0n) is 17.6. The fourth-order valence-corrected chi connectivity index (χ4v) is 3.92. The van der Waals surface area contributed by atoms with Crippen molar-refractivity contribution in [2.75, 3.05) is 33.3 Å². The van der Waals surface area contributed by atoms with E-state index >= 15 is 0 Å². The molecule has 2 heterocycles. The summed E-state index contributed by atoms with van der Waals surface area (Å²) in [4.78, 5) is 42.1. The Labute approximate surface area is 179 Å². The molecule has 3 aromatic rings. The summed E-state index contributed by atoms with van der Waals surface area (Å²) >= 11 is 0. The minimum atomic E-state index is -0.239. The number of fused-ring (bicyclic) bond motifs is 1. The van der Waals surface area contributed by atoms with Crippen molar-refractivity contribution in [2.24, 2.45) is 7.05 Å². The van der Waals surface area contributed by atoms with Crippen molar-refractivity contribution in [2.45, 2.75) is 6.42 Å². The second kappa shape index (κ2) is 8.59. The smallest absolute Gasteiger partial charge is 0.275 e. The van der Waals surface area contributed by atoms with Crippen molar-refractivity contribution >= 4 is 22.6 Å². The monoisotopic (exact) mass is 420 g/mol. The van der Waals surface area contributed by atoms with Crippen LogP contribution in [0.1, 0.15) is 27.3 Å². The van der Waals surface area contributed by atoms with Crippen LogP contribution in [0, 0.1) is 0 Å². The van der Waals surface area contributed by atoms with E-state index in [0.717, 1.165) is 0 Å². The normalized spacial score (nSPS) is 14.4. The summed E-state index contributed by atoms with van der Waals surface area (Å²) in [5.74, 6) is 0.182. The van der Waals surface area contributed by atoms with Crippen LogP contribution in [0.25, 0.3) is 10.8 Å². The molecule has 2 amide bonds. The SMILES string of the molecule is COc1ccccc1C(=O)N1CCCN(C(=O)c2nn(C)c(=O)c3ccccc23)CC1. The summed E-state index contributed by atoms with van der Waals surface area (Å²) in [7, 11) is 3.08. The first-order valence-corrected chi connectivity index (χ1v) is 10.2. The van der Waals surface area contributed by atoms with Gasteiger partial charge in [0.05, 0.1) is 18.1 Å². The summed E-state index contributed by atoms with van der Waals surface area (Å²) in [5, 5.41) is 5.25. The molecule has 0 bridgehead atoms. The molecule has 1 saturated heterocycles. The third-order valence-corrected chi connectivity index (χ3v) is 5.57. The minimum absolute atomic E-state index is 0.113. The summed E-state index contributed by atoms with van der Waals surface area (Å²) in [6, 6.07) is 14.1. The highest BCUT2D eigenvalue weighted by atomic mass is 16.5. The molecule has 0 radical (unpaired) electrons. The highest BCUT2D eigenvalue weighted by Gasteiger charge is 2.27. The lowest BCUT2D eigenvalue weighted by molar-refractivity contribution is 0.0714. The lowest BCUT2D eigenvalue weighted by Gasteiger charge is -2.23. The Bertz CT molecular complexity index is 1200. The summed E-state index contributed by atoms with van der Waals surface area (Å²) in [6.07, 6.45) is 0.649. The maximum absolute atomic E-state index is 13.3. The number of ether oxygens (including phenoxy) is 1. The number of methoxy groups -OCH3 is 1. The number of aromatic nitrogens is 2. The number of aryl methyl sites for hydroxylation is 1. The summed E-state index contributed by atoms with van der Waals surface area (Å²) < 4.78 is 6.52. The quantitative estimate of drug-likeness (QED) is 0.647. The van der Waals surface area contributed by atoms with Gasteiger partial charge in [-0.2, -0.15) is 5.10 Å². The summed E-state index contributed by atoms with van der Waals surface area (Å²) in [6.45, 7) is 1.85. The Morgan fingerprint density at radius 3 is 2.19 bits per heavy atom. The van der Waals surface area contributed by atoms with Gasteiger partial charge in [-0.15, -0.1) is 0 Å². The Kier molecular flexibility index (Phi) is 5.70. The molecular weight excluding hydrogens is 396 g/mol. The number of hydrogen-bond acceptors (Lipinski definition) is 5. The largest absolute Gasteiger partial charge is 0.496 e. The van der Waals surface area contributed by atoms with Crippen molar-refractivity contribution in [3.05, 3.63) is 70.1 Å². The standard InChI is InChI=1S/C23H24N4O4/c1-25-21(28)17-9-4-3-8-16(17)20(24-25)23(30)27-13-7-12-26(14-15-27)22(29)18-10-5-6-11-19(18)31-2/h3-6,8-11H,7,12-15H2,1-2H3. The highest BCUT2D eigenvalue weighted by molar-refractivity contribution is 6.04. The van der Waals surface area contributed by atoms with Gasteiger partial charge in [0.25, 0.3) is 17.4 Å². The van der Waals surface area contributed by atoms with E-state index in [1.807, 2.05) is 6.07 Å². The van der Waals surface area contributed by atoms with E-state index in [2.05, 4.69) is 5.10 Å². The first-order valence-electron chi connectivity index (χ1n) is 10.2. The number of benzene rings is 2. The van der Waals surface area contributed by atoms with Crippen LogP contribution in [0.5, 0.6) is 5.75 Å². The molecule has 0 aliphatic carbocycles. The maximum Gasteiger partial charge on any atom is 0.275 e. The molecule has 160 valence electrons. The predicted octanol–water partition coefficient (Wildman–Crippen LogP) is 1.93. The molecule has 1 aliphatic heterocycles. The van der Waals surface area contributed by atoms with Gasteiger partial charge in [0.1, 0.15) is 5.75 Å². The van der Waals surface area contributed by atoms with Gasteiger partial charge in [-0.1, -0.05) is 30.3 Å². The van der Waals surface area contributed by atoms with Gasteiger partial charge in [-0.25, -0.2) is 4.68 Å². The molecule has 4 rings (SSSR count). The molecule has 0 spiro atoms. The Morgan fingerprint density at radius 2 is 1.48 bits per heavy atom. The van der Waals surface area contributed by atoms with Crippen LogP contribution in [0.15, 0.2) is 53.3 Å². The van der Waals surface area contributed by atoms with Crippen molar-refractivity contribution in [1.29, 1.82) is 0 Å². The van der Waals surface area contributed by atoms with Gasteiger partial charge in [0, 0.05) is 38.6 Å². The third kappa shape index (κ3) is 3.88. The van der Waals surface area contributed by atoms with Crippen LogP contribution in [0.2, 0.25) is 0 Å². The second-order valence-electron chi connectivity index (χ2n) is 7.46. The zero-order valence-corrected chi connectivity index (χ0v) is 17.6. The molecule has 2 aromatic carbocycles. The van der Waals surface area contributed by atoms with Crippen LogP contribution in [0.3, 0.4) is 0 Å². The van der Waals surface area contributed by atoms with Crippen LogP contribution < -0.4 is 10.3 Å². The zero-order chi connectivity index (χ0) is 22.0. The van der Waals surface area contributed by atoms with Gasteiger partial charge >= 0.3 is 0 Å². The second-order valence-corrected chi connectivity index (χ2v) is 7.46. The average molecular weight is 420 g/mol. The van der Waals surface area contributed by atoms with Crippen molar-refractivity contribution in [3.63, 3.8) is 0 Å². The van der Waals surface area contributed by atoms with E-state index in [0.29, 0.717) is 54.7 Å². The fourth-order valence-electron chi connectivity index (χ4n) is 3.92. The third-order valence-electron chi connectivity index (χ3n) is 5.57. The average Bonchev–Trinajstić information content (AvgIpc) is 3.07. The van der Waals surface area contributed by atoms with Crippen molar-refractivity contribution in [1.82, 2.24) is 19.6 Å². The van der Waals surface area contributed by atoms with Crippen LogP contribution in [-0.4, -0.2) is 64.7 Å². The molecule has 0 atom stereocenters. The number of carbonyl (C=O) groups excluding carboxylic acids is 2. The molecule has 8 heteroatoms. The number of para-hydroxylation sites is 1. The predicted molar refractivity (Wildman–Crippen MR) is 116 cm³/mol. The number of carbonyl (C=O) groups is 2. The minimum Gasteiger partial charge on any atom is -0.496 e. The van der Waals surface area contributed by atoms with E-state index in [1.54, 1.807) is 66.4 Å². The van der Waals surface area contributed by atoms with E-state index in [4.69, 9.17) is 4.74 Å². The topological polar surface area (TPSA) is 84.7 Å². The molecule has 1 fully saturated rings. The van der Waals surface area contributed by atoms with E-state index in [9.17, 15) is 14.4 Å². The molecule has 0 unspecified atom stereocenters. The number of amides is 2. The van der Waals surface area contributed by atoms with Gasteiger partial charge < -0.3 is 14.5 Å². The van der Waals surface area contributed by atoms with Crippen LogP contribution in [0.4, 0.5) is 0 Å².